The van der Waals surface area contributed by atoms with Gasteiger partial charge in [-0.25, -0.2) is 4.84 Å². The van der Waals surface area contributed by atoms with Crippen molar-refractivity contribution in [3.8, 4) is 0 Å². The molecule has 5 rings (SSSR count). The molecular formula is C18H23NO3. The molecule has 0 amide bonds. The van der Waals surface area contributed by atoms with Gasteiger partial charge in [-0.2, -0.15) is 0 Å². The highest BCUT2D eigenvalue weighted by molar-refractivity contribution is 5.15. The summed E-state index contributed by atoms with van der Waals surface area (Å²) >= 11 is 0. The third-order valence-electron chi connectivity index (χ3n) is 6.37. The van der Waals surface area contributed by atoms with Crippen LogP contribution < -0.4 is 0 Å². The molecule has 2 heterocycles. The summed E-state index contributed by atoms with van der Waals surface area (Å²) in [6.07, 6.45) is 6.12. The Morgan fingerprint density at radius 1 is 1.05 bits per heavy atom. The van der Waals surface area contributed by atoms with Gasteiger partial charge in [0.1, 0.15) is 0 Å². The van der Waals surface area contributed by atoms with E-state index < -0.39 is 0 Å². The molecule has 4 heteroatoms. The van der Waals surface area contributed by atoms with Gasteiger partial charge >= 0.3 is 0 Å². The van der Waals surface area contributed by atoms with Crippen LogP contribution in [0.15, 0.2) is 30.3 Å². The lowest BCUT2D eigenvalue weighted by molar-refractivity contribution is -0.459. The topological polar surface area (TPSA) is 30.9 Å². The Morgan fingerprint density at radius 2 is 1.82 bits per heavy atom. The molecule has 4 fully saturated rings. The minimum absolute atomic E-state index is 0.172. The number of rotatable bonds is 3. The number of nitrogens with zero attached hydrogens (tertiary/aromatic N) is 1. The molecule has 1 aromatic carbocycles. The maximum Gasteiger partial charge on any atom is 0.180 e. The minimum Gasteiger partial charge on any atom is -0.346 e. The summed E-state index contributed by atoms with van der Waals surface area (Å²) in [4.78, 5) is 12.0. The predicted octanol–water partition coefficient (Wildman–Crippen LogP) is 3.29. The molecule has 0 bridgehead atoms. The van der Waals surface area contributed by atoms with E-state index in [9.17, 15) is 0 Å². The van der Waals surface area contributed by atoms with Crippen LogP contribution in [0.4, 0.5) is 0 Å². The predicted molar refractivity (Wildman–Crippen MR) is 80.2 cm³/mol. The summed E-state index contributed by atoms with van der Waals surface area (Å²) in [6.45, 7) is 1.43. The van der Waals surface area contributed by atoms with Crippen LogP contribution in [0.5, 0.6) is 0 Å². The summed E-state index contributed by atoms with van der Waals surface area (Å²) in [5, 5.41) is 1.88. The first kappa shape index (κ1) is 13.5. The molecule has 2 saturated heterocycles. The standard InChI is InChI=1S/C18H23NO3/c1-2-4-13(5-3-1)11-20-17-10-15-8-6-14-7-9-16-12-21-19(22-17)18(14,15)16/h1-5,14-17H,6-12H2/t14-,15+,16-,17+,18+/m0/s1. The van der Waals surface area contributed by atoms with Crippen LogP contribution in [0.25, 0.3) is 0 Å². The number of hydroxylamine groups is 2. The van der Waals surface area contributed by atoms with Crippen LogP contribution in [-0.4, -0.2) is 23.7 Å². The Hall–Kier alpha value is -0.940. The highest BCUT2D eigenvalue weighted by atomic mass is 17.0. The summed E-state index contributed by atoms with van der Waals surface area (Å²) in [5.74, 6) is 2.10. The molecule has 2 aliphatic carbocycles. The second kappa shape index (κ2) is 5.03. The summed E-state index contributed by atoms with van der Waals surface area (Å²) < 4.78 is 6.03. The lowest BCUT2D eigenvalue weighted by Crippen LogP contribution is -2.57. The Kier molecular flexibility index (Phi) is 3.09. The van der Waals surface area contributed by atoms with E-state index in [-0.39, 0.29) is 11.8 Å². The van der Waals surface area contributed by atoms with Crippen LogP contribution in [-0.2, 0) is 21.0 Å². The van der Waals surface area contributed by atoms with E-state index in [4.69, 9.17) is 14.4 Å². The van der Waals surface area contributed by atoms with E-state index in [1.165, 1.54) is 31.2 Å². The van der Waals surface area contributed by atoms with Crippen LogP contribution in [0.3, 0.4) is 0 Å². The van der Waals surface area contributed by atoms with Crippen molar-refractivity contribution in [2.75, 3.05) is 6.61 Å². The van der Waals surface area contributed by atoms with Crippen LogP contribution in [0.2, 0.25) is 0 Å². The Morgan fingerprint density at radius 3 is 2.68 bits per heavy atom. The lowest BCUT2D eigenvalue weighted by Gasteiger charge is -2.46. The smallest absolute Gasteiger partial charge is 0.180 e. The van der Waals surface area contributed by atoms with Crippen molar-refractivity contribution in [2.45, 2.75) is 50.5 Å². The fraction of sp³-hybridized carbons (Fsp3) is 0.667. The van der Waals surface area contributed by atoms with Crippen molar-refractivity contribution in [3.63, 3.8) is 0 Å². The molecular weight excluding hydrogens is 278 g/mol. The maximum atomic E-state index is 6.11. The highest BCUT2D eigenvalue weighted by Crippen LogP contribution is 2.63. The molecule has 0 unspecified atom stereocenters. The Labute approximate surface area is 131 Å². The van der Waals surface area contributed by atoms with Crippen LogP contribution in [0.1, 0.15) is 37.7 Å². The van der Waals surface area contributed by atoms with Gasteiger partial charge < -0.3 is 4.74 Å². The summed E-state index contributed by atoms with van der Waals surface area (Å²) in [5.41, 5.74) is 1.36. The van der Waals surface area contributed by atoms with Crippen LogP contribution >= 0.6 is 0 Å². The van der Waals surface area contributed by atoms with Gasteiger partial charge in [0.15, 0.2) is 6.29 Å². The average molecular weight is 301 g/mol. The molecule has 2 saturated carbocycles. The van der Waals surface area contributed by atoms with E-state index in [0.29, 0.717) is 18.4 Å². The highest BCUT2D eigenvalue weighted by Gasteiger charge is 2.68. The van der Waals surface area contributed by atoms with Gasteiger partial charge in [-0.1, -0.05) is 35.6 Å². The monoisotopic (exact) mass is 301 g/mol. The molecule has 0 aromatic heterocycles. The van der Waals surface area contributed by atoms with Crippen molar-refractivity contribution >= 4 is 0 Å². The average Bonchev–Trinajstić information content (AvgIpc) is 3.20. The van der Waals surface area contributed by atoms with Gasteiger partial charge in [0.25, 0.3) is 0 Å². The fourth-order valence-electron chi connectivity index (χ4n) is 5.48. The summed E-state index contributed by atoms with van der Waals surface area (Å²) in [6, 6.07) is 10.3. The van der Waals surface area contributed by atoms with Crippen molar-refractivity contribution in [3.05, 3.63) is 35.9 Å². The molecule has 118 valence electrons. The van der Waals surface area contributed by atoms with Gasteiger partial charge in [0.2, 0.25) is 0 Å². The third kappa shape index (κ3) is 1.78. The Bertz CT molecular complexity index is 521. The summed E-state index contributed by atoms with van der Waals surface area (Å²) in [7, 11) is 0. The van der Waals surface area contributed by atoms with Gasteiger partial charge in [0.05, 0.1) is 18.8 Å². The van der Waals surface area contributed by atoms with Crippen molar-refractivity contribution in [2.24, 2.45) is 17.8 Å². The first-order valence-electron chi connectivity index (χ1n) is 8.63. The molecule has 1 aromatic rings. The number of benzene rings is 1. The number of ether oxygens (including phenoxy) is 1. The van der Waals surface area contributed by atoms with E-state index in [1.54, 1.807) is 0 Å². The minimum atomic E-state index is -0.172. The normalized spacial score (nSPS) is 43.3. The molecule has 4 nitrogen and oxygen atoms in total. The lowest BCUT2D eigenvalue weighted by atomic mass is 9.75. The van der Waals surface area contributed by atoms with E-state index in [2.05, 4.69) is 12.1 Å². The first-order valence-corrected chi connectivity index (χ1v) is 8.63. The molecule has 0 N–H and O–H groups in total. The second-order valence-electron chi connectivity index (χ2n) is 7.25. The fourth-order valence-corrected chi connectivity index (χ4v) is 5.48. The maximum absolute atomic E-state index is 6.11. The number of hydrogen-bond donors (Lipinski definition) is 0. The van der Waals surface area contributed by atoms with E-state index in [1.807, 2.05) is 23.4 Å². The largest absolute Gasteiger partial charge is 0.346 e. The van der Waals surface area contributed by atoms with Crippen molar-refractivity contribution in [1.82, 2.24) is 5.23 Å². The SMILES string of the molecule is c1ccc(CO[C@H]2C[C@H]3CC[C@H]4CC[C@H]5CON(O2)[C@]435)cc1. The third-order valence-corrected chi connectivity index (χ3v) is 6.37. The number of hydrogen-bond acceptors (Lipinski definition) is 4. The molecule has 0 radical (unpaired) electrons. The van der Waals surface area contributed by atoms with Gasteiger partial charge in [-0.15, -0.1) is 0 Å². The second-order valence-corrected chi connectivity index (χ2v) is 7.25. The van der Waals surface area contributed by atoms with Crippen molar-refractivity contribution in [1.29, 1.82) is 0 Å². The zero-order valence-electron chi connectivity index (χ0n) is 12.8. The zero-order chi connectivity index (χ0) is 14.6. The van der Waals surface area contributed by atoms with Gasteiger partial charge in [-0.3, -0.25) is 4.84 Å². The van der Waals surface area contributed by atoms with E-state index >= 15 is 0 Å². The molecule has 2 aliphatic heterocycles. The Balaban J connectivity index is 1.32. The quantitative estimate of drug-likeness (QED) is 0.857. The van der Waals surface area contributed by atoms with Crippen LogP contribution in [0, 0.1) is 17.8 Å². The first-order chi connectivity index (χ1) is 10.9. The van der Waals surface area contributed by atoms with Crippen molar-refractivity contribution < 1.29 is 14.4 Å². The van der Waals surface area contributed by atoms with E-state index in [0.717, 1.165) is 18.9 Å². The molecule has 22 heavy (non-hydrogen) atoms. The van der Waals surface area contributed by atoms with Gasteiger partial charge in [0, 0.05) is 12.3 Å². The molecule has 4 aliphatic rings. The van der Waals surface area contributed by atoms with Gasteiger partial charge in [-0.05, 0) is 43.1 Å². The molecule has 1 spiro atoms. The molecule has 5 atom stereocenters. The zero-order valence-corrected chi connectivity index (χ0v) is 12.8.